The maximum atomic E-state index is 8.72. The highest BCUT2D eigenvalue weighted by Crippen LogP contribution is 2.06. The Morgan fingerprint density at radius 2 is 1.95 bits per heavy atom. The van der Waals surface area contributed by atoms with Gasteiger partial charge in [0.2, 0.25) is 0 Å². The zero-order chi connectivity index (χ0) is 13.8. The van der Waals surface area contributed by atoms with Crippen molar-refractivity contribution >= 4 is 0 Å². The number of hydrogen-bond donors (Lipinski definition) is 0. The molecule has 2 heterocycles. The van der Waals surface area contributed by atoms with Gasteiger partial charge in [-0.1, -0.05) is 30.3 Å². The molecule has 0 saturated heterocycles. The van der Waals surface area contributed by atoms with E-state index in [2.05, 4.69) is 31.8 Å². The fourth-order valence-corrected chi connectivity index (χ4v) is 1.98. The summed E-state index contributed by atoms with van der Waals surface area (Å²) in [4.78, 5) is 8.22. The van der Waals surface area contributed by atoms with Crippen LogP contribution in [-0.2, 0) is 13.1 Å². The Morgan fingerprint density at radius 1 is 1.10 bits per heavy atom. The number of nitriles is 1. The second-order valence-electron chi connectivity index (χ2n) is 4.33. The molecular weight excluding hydrogens is 252 g/mol. The maximum Gasteiger partial charge on any atom is 0.252 e. The lowest BCUT2D eigenvalue weighted by Gasteiger charge is -2.07. The molecule has 3 rings (SSSR count). The lowest BCUT2D eigenvalue weighted by Crippen LogP contribution is -2.09. The quantitative estimate of drug-likeness (QED) is 0.714. The summed E-state index contributed by atoms with van der Waals surface area (Å²) in [6.07, 6.45) is 5.24. The third-order valence-electron chi connectivity index (χ3n) is 2.94. The van der Waals surface area contributed by atoms with Gasteiger partial charge in [0.1, 0.15) is 24.8 Å². The van der Waals surface area contributed by atoms with Gasteiger partial charge in [-0.15, -0.1) is 5.10 Å². The standard InChI is InChI=1S/C14H12N6/c15-8-13-17-11-20(18-13)10-14-16-6-7-19(14)9-12-4-2-1-3-5-12/h1-7,11H,9-10H2. The third kappa shape index (κ3) is 2.57. The molecule has 6 heteroatoms. The summed E-state index contributed by atoms with van der Waals surface area (Å²) in [7, 11) is 0. The first-order valence-corrected chi connectivity index (χ1v) is 6.18. The Balaban J connectivity index is 1.78. The number of rotatable bonds is 4. The minimum absolute atomic E-state index is 0.172. The predicted octanol–water partition coefficient (Wildman–Crippen LogP) is 1.44. The maximum absolute atomic E-state index is 8.72. The van der Waals surface area contributed by atoms with E-state index in [0.29, 0.717) is 6.54 Å². The summed E-state index contributed by atoms with van der Waals surface area (Å²) in [5.74, 6) is 1.05. The average molecular weight is 264 g/mol. The Kier molecular flexibility index (Phi) is 3.25. The predicted molar refractivity (Wildman–Crippen MR) is 71.6 cm³/mol. The van der Waals surface area contributed by atoms with Crippen LogP contribution in [0.15, 0.2) is 49.1 Å². The van der Waals surface area contributed by atoms with Gasteiger partial charge < -0.3 is 4.57 Å². The van der Waals surface area contributed by atoms with Crippen LogP contribution in [0, 0.1) is 11.3 Å². The normalized spacial score (nSPS) is 10.3. The van der Waals surface area contributed by atoms with E-state index in [1.807, 2.05) is 30.5 Å². The van der Waals surface area contributed by atoms with Gasteiger partial charge in [-0.05, 0) is 5.56 Å². The Labute approximate surface area is 115 Å². The number of hydrogen-bond acceptors (Lipinski definition) is 4. The lowest BCUT2D eigenvalue weighted by atomic mass is 10.2. The summed E-state index contributed by atoms with van der Waals surface area (Å²) in [5, 5.41) is 12.8. The third-order valence-corrected chi connectivity index (χ3v) is 2.94. The molecule has 0 aliphatic rings. The average Bonchev–Trinajstić information content (AvgIpc) is 3.10. The van der Waals surface area contributed by atoms with E-state index in [4.69, 9.17) is 5.26 Å². The van der Waals surface area contributed by atoms with E-state index in [1.165, 1.54) is 5.56 Å². The van der Waals surface area contributed by atoms with Crippen LogP contribution >= 0.6 is 0 Å². The molecule has 20 heavy (non-hydrogen) atoms. The Bertz CT molecular complexity index is 734. The van der Waals surface area contributed by atoms with Crippen molar-refractivity contribution in [1.29, 1.82) is 5.26 Å². The van der Waals surface area contributed by atoms with Crippen molar-refractivity contribution in [2.75, 3.05) is 0 Å². The van der Waals surface area contributed by atoms with Gasteiger partial charge >= 0.3 is 0 Å². The van der Waals surface area contributed by atoms with Gasteiger partial charge in [0.05, 0.1) is 0 Å². The van der Waals surface area contributed by atoms with E-state index >= 15 is 0 Å². The van der Waals surface area contributed by atoms with E-state index < -0.39 is 0 Å². The van der Waals surface area contributed by atoms with Gasteiger partial charge in [0, 0.05) is 18.9 Å². The van der Waals surface area contributed by atoms with Crippen LogP contribution in [-0.4, -0.2) is 24.3 Å². The molecule has 2 aromatic heterocycles. The van der Waals surface area contributed by atoms with Crippen LogP contribution in [0.3, 0.4) is 0 Å². The number of benzene rings is 1. The Morgan fingerprint density at radius 3 is 2.70 bits per heavy atom. The van der Waals surface area contributed by atoms with Crippen LogP contribution in [0.25, 0.3) is 0 Å². The minimum atomic E-state index is 0.172. The molecule has 0 radical (unpaired) electrons. The second kappa shape index (κ2) is 5.36. The van der Waals surface area contributed by atoms with Crippen molar-refractivity contribution in [2.24, 2.45) is 0 Å². The van der Waals surface area contributed by atoms with Crippen LogP contribution in [0.5, 0.6) is 0 Å². The zero-order valence-corrected chi connectivity index (χ0v) is 10.7. The first-order valence-electron chi connectivity index (χ1n) is 6.18. The molecule has 1 aromatic carbocycles. The molecule has 0 fully saturated rings. The van der Waals surface area contributed by atoms with Crippen LogP contribution in [0.2, 0.25) is 0 Å². The fourth-order valence-electron chi connectivity index (χ4n) is 1.98. The first kappa shape index (κ1) is 12.1. The van der Waals surface area contributed by atoms with Gasteiger partial charge in [-0.3, -0.25) is 0 Å². The number of nitrogens with zero attached hydrogens (tertiary/aromatic N) is 6. The van der Waals surface area contributed by atoms with Crippen molar-refractivity contribution in [2.45, 2.75) is 13.1 Å². The van der Waals surface area contributed by atoms with Gasteiger partial charge in [-0.25, -0.2) is 14.6 Å². The highest BCUT2D eigenvalue weighted by Gasteiger charge is 2.06. The molecule has 0 saturated carbocycles. The van der Waals surface area contributed by atoms with Crippen molar-refractivity contribution in [3.63, 3.8) is 0 Å². The topological polar surface area (TPSA) is 72.3 Å². The van der Waals surface area contributed by atoms with Gasteiger partial charge in [0.15, 0.2) is 0 Å². The smallest absolute Gasteiger partial charge is 0.252 e. The van der Waals surface area contributed by atoms with Crippen molar-refractivity contribution in [1.82, 2.24) is 24.3 Å². The zero-order valence-electron chi connectivity index (χ0n) is 10.7. The van der Waals surface area contributed by atoms with Gasteiger partial charge in [-0.2, -0.15) is 5.26 Å². The van der Waals surface area contributed by atoms with Crippen molar-refractivity contribution in [3.8, 4) is 6.07 Å². The summed E-state index contributed by atoms with van der Waals surface area (Å²) >= 11 is 0. The minimum Gasteiger partial charge on any atom is -0.329 e. The first-order chi connectivity index (χ1) is 9.85. The highest BCUT2D eigenvalue weighted by molar-refractivity contribution is 5.16. The largest absolute Gasteiger partial charge is 0.329 e. The monoisotopic (exact) mass is 264 g/mol. The summed E-state index contributed by atoms with van der Waals surface area (Å²) in [6, 6.07) is 12.1. The molecular formula is C14H12N6. The fraction of sp³-hybridized carbons (Fsp3) is 0.143. The molecule has 6 nitrogen and oxygen atoms in total. The van der Waals surface area contributed by atoms with Crippen LogP contribution in [0.4, 0.5) is 0 Å². The summed E-state index contributed by atoms with van der Waals surface area (Å²) in [5.41, 5.74) is 1.21. The molecule has 0 aliphatic heterocycles. The molecule has 0 amide bonds. The van der Waals surface area contributed by atoms with E-state index in [0.717, 1.165) is 12.4 Å². The van der Waals surface area contributed by atoms with Crippen molar-refractivity contribution in [3.05, 3.63) is 66.3 Å². The summed E-state index contributed by atoms with van der Waals surface area (Å²) < 4.78 is 3.67. The van der Waals surface area contributed by atoms with Crippen LogP contribution in [0.1, 0.15) is 17.2 Å². The SMILES string of the molecule is N#Cc1ncn(Cc2nccn2Cc2ccccc2)n1. The molecule has 0 aliphatic carbocycles. The molecule has 0 N–H and O–H groups in total. The highest BCUT2D eigenvalue weighted by atomic mass is 15.3. The number of imidazole rings is 1. The van der Waals surface area contributed by atoms with Gasteiger partial charge in [0.25, 0.3) is 5.82 Å². The van der Waals surface area contributed by atoms with Crippen molar-refractivity contribution < 1.29 is 0 Å². The molecule has 0 bridgehead atoms. The van der Waals surface area contributed by atoms with E-state index in [1.54, 1.807) is 17.2 Å². The summed E-state index contributed by atoms with van der Waals surface area (Å²) in [6.45, 7) is 1.25. The second-order valence-corrected chi connectivity index (χ2v) is 4.33. The van der Waals surface area contributed by atoms with E-state index in [-0.39, 0.29) is 5.82 Å². The van der Waals surface area contributed by atoms with Crippen LogP contribution < -0.4 is 0 Å². The molecule has 98 valence electrons. The molecule has 3 aromatic rings. The number of aromatic nitrogens is 5. The Hall–Kier alpha value is -2.94. The molecule has 0 atom stereocenters. The van der Waals surface area contributed by atoms with E-state index in [9.17, 15) is 0 Å². The molecule has 0 unspecified atom stereocenters. The molecule has 0 spiro atoms. The lowest BCUT2D eigenvalue weighted by molar-refractivity contribution is 0.612.